The molecule has 0 aliphatic rings. The Bertz CT molecular complexity index is 1370. The lowest BCUT2D eigenvalue weighted by Gasteiger charge is -2.24. The highest BCUT2D eigenvalue weighted by Crippen LogP contribution is 2.43. The molecule has 462 valence electrons. The van der Waals surface area contributed by atoms with Crippen LogP contribution in [0.4, 0.5) is 0 Å². The molecule has 2 unspecified atom stereocenters. The van der Waals surface area contributed by atoms with Crippen LogP contribution in [0.15, 0.2) is 24.3 Å². The Balaban J connectivity index is 3.80. The van der Waals surface area contributed by atoms with Crippen LogP contribution in [0, 0.1) is 0 Å². The van der Waals surface area contributed by atoms with Crippen molar-refractivity contribution >= 4 is 19.8 Å². The van der Waals surface area contributed by atoms with E-state index >= 15 is 0 Å². The number of carbonyl (C=O) groups is 2. The van der Waals surface area contributed by atoms with Crippen molar-refractivity contribution in [3.63, 3.8) is 0 Å². The number of likely N-dealkylation sites (N-methyl/N-ethyl adjacent to an activating group) is 1. The topological polar surface area (TPSA) is 108 Å². The first-order valence-corrected chi connectivity index (χ1v) is 35.6. The zero-order valence-corrected chi connectivity index (χ0v) is 53.6. The number of esters is 2. The fourth-order valence-electron chi connectivity index (χ4n) is 10.2. The average Bonchev–Trinajstić information content (AvgIpc) is 3.41. The standard InChI is InChI=1S/C68H132NO8P/c1-6-8-10-12-14-16-18-20-22-23-24-25-26-27-28-29-30-31-32-33-34-35-36-37-38-39-40-41-42-43-44-45-46-47-49-50-52-54-56-58-60-67(70)74-64-66(65-76-78(72,73)75-63-62-69(3,4)5)77-68(71)61-59-57-55-53-51-48-21-19-17-15-13-11-9-7-2/h13,15,19,21,66H,6-12,14,16-18,20,22-65H2,1-5H3/p+1/b15-13-,21-19-. The molecule has 0 radical (unpaired) electrons. The predicted molar refractivity (Wildman–Crippen MR) is 335 cm³/mol. The lowest BCUT2D eigenvalue weighted by atomic mass is 10.0. The maximum Gasteiger partial charge on any atom is 0.472 e. The summed E-state index contributed by atoms with van der Waals surface area (Å²) in [5.74, 6) is -0.798. The third-order valence-electron chi connectivity index (χ3n) is 15.5. The highest BCUT2D eigenvalue weighted by atomic mass is 31.2. The fourth-order valence-corrected chi connectivity index (χ4v) is 11.0. The number of carbonyl (C=O) groups excluding carboxylic acids is 2. The van der Waals surface area contributed by atoms with E-state index in [1.54, 1.807) is 0 Å². The van der Waals surface area contributed by atoms with E-state index in [4.69, 9.17) is 18.5 Å². The second-order valence-electron chi connectivity index (χ2n) is 24.6. The molecular weight excluding hydrogens is 990 g/mol. The van der Waals surface area contributed by atoms with E-state index in [0.29, 0.717) is 23.9 Å². The first-order chi connectivity index (χ1) is 38.0. The van der Waals surface area contributed by atoms with Gasteiger partial charge in [0.05, 0.1) is 27.7 Å². The summed E-state index contributed by atoms with van der Waals surface area (Å²) in [6, 6.07) is 0. The van der Waals surface area contributed by atoms with Crippen LogP contribution in [0.25, 0.3) is 0 Å². The first-order valence-electron chi connectivity index (χ1n) is 34.1. The Morgan fingerprint density at radius 3 is 1.05 bits per heavy atom. The van der Waals surface area contributed by atoms with Gasteiger partial charge in [-0.1, -0.05) is 321 Å². The molecule has 0 rings (SSSR count). The summed E-state index contributed by atoms with van der Waals surface area (Å²) in [5, 5.41) is 0. The van der Waals surface area contributed by atoms with Crippen LogP contribution in [0.1, 0.15) is 348 Å². The average molecular weight is 1120 g/mol. The largest absolute Gasteiger partial charge is 0.472 e. The van der Waals surface area contributed by atoms with Crippen molar-refractivity contribution in [2.75, 3.05) is 47.5 Å². The number of rotatable bonds is 64. The number of quaternary nitrogens is 1. The normalized spacial score (nSPS) is 13.3. The molecule has 0 amide bonds. The molecular formula is C68H133NO8P+. The van der Waals surface area contributed by atoms with Crippen LogP contribution < -0.4 is 0 Å². The van der Waals surface area contributed by atoms with E-state index in [1.807, 2.05) is 21.1 Å². The summed E-state index contributed by atoms with van der Waals surface area (Å²) in [6.45, 7) is 4.42. The van der Waals surface area contributed by atoms with Gasteiger partial charge in [0.25, 0.3) is 0 Å². The zero-order chi connectivity index (χ0) is 57.0. The zero-order valence-electron chi connectivity index (χ0n) is 52.7. The quantitative estimate of drug-likeness (QED) is 0.0211. The number of hydrogen-bond donors (Lipinski definition) is 1. The summed E-state index contributed by atoms with van der Waals surface area (Å²) in [4.78, 5) is 35.7. The fraction of sp³-hybridized carbons (Fsp3) is 0.912. The molecule has 1 N–H and O–H groups in total. The molecule has 0 spiro atoms. The van der Waals surface area contributed by atoms with Gasteiger partial charge in [0.15, 0.2) is 6.10 Å². The molecule has 2 atom stereocenters. The summed E-state index contributed by atoms with van der Waals surface area (Å²) in [5.41, 5.74) is 0. The van der Waals surface area contributed by atoms with Crippen molar-refractivity contribution in [3.05, 3.63) is 24.3 Å². The van der Waals surface area contributed by atoms with E-state index in [1.165, 1.54) is 250 Å². The monoisotopic (exact) mass is 1120 g/mol. The second kappa shape index (κ2) is 60.1. The van der Waals surface area contributed by atoms with Crippen molar-refractivity contribution in [1.29, 1.82) is 0 Å². The van der Waals surface area contributed by atoms with Gasteiger partial charge in [0, 0.05) is 12.8 Å². The van der Waals surface area contributed by atoms with Gasteiger partial charge in [0.2, 0.25) is 0 Å². The summed E-state index contributed by atoms with van der Waals surface area (Å²) in [6.07, 6.45) is 74.6. The Kier molecular flexibility index (Phi) is 58.9. The highest BCUT2D eigenvalue weighted by molar-refractivity contribution is 7.47. The van der Waals surface area contributed by atoms with Crippen LogP contribution in [0.5, 0.6) is 0 Å². The summed E-state index contributed by atoms with van der Waals surface area (Å²) in [7, 11) is 1.48. The number of phosphoric ester groups is 1. The smallest absolute Gasteiger partial charge is 0.462 e. The predicted octanol–water partition coefficient (Wildman–Crippen LogP) is 21.7. The number of unbranched alkanes of at least 4 members (excludes halogenated alkanes) is 46. The van der Waals surface area contributed by atoms with Crippen LogP contribution in [0.3, 0.4) is 0 Å². The van der Waals surface area contributed by atoms with Crippen molar-refractivity contribution in [3.8, 4) is 0 Å². The van der Waals surface area contributed by atoms with Crippen molar-refractivity contribution in [1.82, 2.24) is 0 Å². The lowest BCUT2D eigenvalue weighted by Crippen LogP contribution is -2.37. The molecule has 0 fully saturated rings. The van der Waals surface area contributed by atoms with E-state index in [0.717, 1.165) is 64.2 Å². The minimum Gasteiger partial charge on any atom is -0.462 e. The molecule has 78 heavy (non-hydrogen) atoms. The molecule has 0 aromatic carbocycles. The van der Waals surface area contributed by atoms with Gasteiger partial charge >= 0.3 is 19.8 Å². The van der Waals surface area contributed by atoms with Gasteiger partial charge in [-0.05, 0) is 38.5 Å². The lowest BCUT2D eigenvalue weighted by molar-refractivity contribution is -0.870. The molecule has 0 heterocycles. The van der Waals surface area contributed by atoms with Crippen molar-refractivity contribution in [2.45, 2.75) is 354 Å². The Morgan fingerprint density at radius 2 is 0.705 bits per heavy atom. The van der Waals surface area contributed by atoms with Crippen molar-refractivity contribution < 1.29 is 42.1 Å². The number of phosphoric acid groups is 1. The SMILES string of the molecule is CCCC/C=C\C/C=C\CCCCCCCC(=O)OC(COC(=O)CCCCCCCCCCCCCCCCCCCCCCCCCCCCCCCCCCCCCCCCCC)COP(=O)(O)OCC[N+](C)(C)C. The van der Waals surface area contributed by atoms with Crippen LogP contribution >= 0.6 is 7.82 Å². The molecule has 9 nitrogen and oxygen atoms in total. The molecule has 0 aromatic heterocycles. The molecule has 0 saturated heterocycles. The minimum atomic E-state index is -4.39. The molecule has 0 aliphatic heterocycles. The van der Waals surface area contributed by atoms with Gasteiger partial charge in [-0.3, -0.25) is 18.6 Å². The van der Waals surface area contributed by atoms with Crippen molar-refractivity contribution in [2.24, 2.45) is 0 Å². The van der Waals surface area contributed by atoms with E-state index in [-0.39, 0.29) is 25.6 Å². The first kappa shape index (κ1) is 76.5. The second-order valence-corrected chi connectivity index (χ2v) is 26.0. The third kappa shape index (κ3) is 63.7. The minimum absolute atomic E-state index is 0.0310. The molecule has 0 bridgehead atoms. The number of hydrogen-bond acceptors (Lipinski definition) is 7. The third-order valence-corrected chi connectivity index (χ3v) is 16.5. The van der Waals surface area contributed by atoms with E-state index < -0.39 is 26.5 Å². The summed E-state index contributed by atoms with van der Waals surface area (Å²) < 4.78 is 34.6. The van der Waals surface area contributed by atoms with Gasteiger partial charge in [0.1, 0.15) is 19.8 Å². The number of ether oxygens (including phenoxy) is 2. The maximum atomic E-state index is 12.8. The molecule has 0 saturated carbocycles. The molecule has 0 aliphatic carbocycles. The summed E-state index contributed by atoms with van der Waals surface area (Å²) >= 11 is 0. The van der Waals surface area contributed by atoms with Crippen LogP contribution in [-0.2, 0) is 32.7 Å². The number of allylic oxidation sites excluding steroid dienone is 4. The number of nitrogens with zero attached hydrogens (tertiary/aromatic N) is 1. The highest BCUT2D eigenvalue weighted by Gasteiger charge is 2.27. The van der Waals surface area contributed by atoms with Gasteiger partial charge in [-0.2, -0.15) is 0 Å². The Morgan fingerprint density at radius 1 is 0.397 bits per heavy atom. The van der Waals surface area contributed by atoms with Gasteiger partial charge in [-0.15, -0.1) is 0 Å². The Hall–Kier alpha value is -1.51. The van der Waals surface area contributed by atoms with E-state index in [2.05, 4.69) is 38.2 Å². The maximum absolute atomic E-state index is 12.8. The van der Waals surface area contributed by atoms with Gasteiger partial charge in [-0.25, -0.2) is 4.57 Å². The molecule has 0 aromatic rings. The Labute approximate surface area is 485 Å². The molecule has 10 heteroatoms. The van der Waals surface area contributed by atoms with Crippen LogP contribution in [0.2, 0.25) is 0 Å². The van der Waals surface area contributed by atoms with Gasteiger partial charge < -0.3 is 18.9 Å². The van der Waals surface area contributed by atoms with Crippen LogP contribution in [-0.4, -0.2) is 74.9 Å². The van der Waals surface area contributed by atoms with E-state index in [9.17, 15) is 19.0 Å².